The minimum atomic E-state index is 0.789. The van der Waals surface area contributed by atoms with E-state index in [2.05, 4.69) is 51.4 Å². The number of hydrogen-bond acceptors (Lipinski definition) is 4. The number of nitrogens with zero attached hydrogens (tertiary/aromatic N) is 3. The van der Waals surface area contributed by atoms with Gasteiger partial charge in [-0.3, -0.25) is 4.98 Å². The smallest absolute Gasteiger partial charge is 0.151 e. The van der Waals surface area contributed by atoms with Gasteiger partial charge in [0.05, 0.1) is 18.1 Å². The molecule has 1 N–H and O–H groups in total. The van der Waals surface area contributed by atoms with Crippen molar-refractivity contribution in [3.05, 3.63) is 47.9 Å². The second kappa shape index (κ2) is 6.01. The maximum Gasteiger partial charge on any atom is 0.151 e. The molecule has 0 unspecified atom stereocenters. The van der Waals surface area contributed by atoms with Crippen molar-refractivity contribution >= 4 is 11.5 Å². The number of hydrogen-bond donors (Lipinski definition) is 1. The van der Waals surface area contributed by atoms with E-state index < -0.39 is 0 Å². The molecule has 20 heavy (non-hydrogen) atoms. The van der Waals surface area contributed by atoms with Crippen LogP contribution >= 0.6 is 0 Å². The van der Waals surface area contributed by atoms with Gasteiger partial charge in [0.25, 0.3) is 0 Å². The molecular formula is C16H20N4. The molecule has 4 nitrogen and oxygen atoms in total. The minimum Gasteiger partial charge on any atom is -0.325 e. The number of anilines is 2. The van der Waals surface area contributed by atoms with Crippen molar-refractivity contribution in [1.29, 1.82) is 0 Å². The molecule has 0 saturated heterocycles. The van der Waals surface area contributed by atoms with Crippen molar-refractivity contribution in [1.82, 2.24) is 15.3 Å². The lowest BCUT2D eigenvalue weighted by Crippen LogP contribution is -2.17. The van der Waals surface area contributed by atoms with E-state index in [0.717, 1.165) is 44.0 Å². The number of nitrogens with one attached hydrogen (secondary N) is 1. The lowest BCUT2D eigenvalue weighted by atomic mass is 10.2. The van der Waals surface area contributed by atoms with Gasteiger partial charge in [0, 0.05) is 18.8 Å². The van der Waals surface area contributed by atoms with E-state index in [4.69, 9.17) is 0 Å². The summed E-state index contributed by atoms with van der Waals surface area (Å²) in [4.78, 5) is 11.3. The van der Waals surface area contributed by atoms with Crippen LogP contribution in [0.1, 0.15) is 24.6 Å². The molecule has 104 valence electrons. The maximum atomic E-state index is 4.56. The van der Waals surface area contributed by atoms with E-state index >= 15 is 0 Å². The molecule has 0 spiro atoms. The molecule has 0 saturated carbocycles. The predicted octanol–water partition coefficient (Wildman–Crippen LogP) is 2.67. The summed E-state index contributed by atoms with van der Waals surface area (Å²) >= 11 is 0. The van der Waals surface area contributed by atoms with Gasteiger partial charge in [-0.15, -0.1) is 0 Å². The van der Waals surface area contributed by atoms with Gasteiger partial charge >= 0.3 is 0 Å². The van der Waals surface area contributed by atoms with Crippen LogP contribution in [0.2, 0.25) is 0 Å². The first kappa shape index (κ1) is 13.1. The van der Waals surface area contributed by atoms with Gasteiger partial charge in [0.2, 0.25) is 0 Å². The summed E-state index contributed by atoms with van der Waals surface area (Å²) in [7, 11) is 0. The number of aromatic nitrogens is 2. The van der Waals surface area contributed by atoms with Crippen LogP contribution in [0.4, 0.5) is 11.5 Å². The highest BCUT2D eigenvalue weighted by Gasteiger charge is 2.20. The fraction of sp³-hybridized carbons (Fsp3) is 0.375. The molecule has 0 aliphatic carbocycles. The monoisotopic (exact) mass is 268 g/mol. The van der Waals surface area contributed by atoms with Crippen LogP contribution < -0.4 is 10.2 Å². The predicted molar refractivity (Wildman–Crippen MR) is 81.2 cm³/mol. The summed E-state index contributed by atoms with van der Waals surface area (Å²) in [5, 5.41) is 3.34. The quantitative estimate of drug-likeness (QED) is 0.846. The van der Waals surface area contributed by atoms with E-state index in [0.29, 0.717) is 0 Å². The molecule has 0 radical (unpaired) electrons. The number of benzene rings is 1. The van der Waals surface area contributed by atoms with Crippen molar-refractivity contribution in [2.24, 2.45) is 0 Å². The second-order valence-electron chi connectivity index (χ2n) is 5.07. The third-order valence-corrected chi connectivity index (χ3v) is 3.59. The summed E-state index contributed by atoms with van der Waals surface area (Å²) in [6.45, 7) is 4.95. The van der Waals surface area contributed by atoms with Crippen molar-refractivity contribution in [3.8, 4) is 0 Å². The standard InChI is InChI=1S/C16H20N4/c1-2-8-17-10-14-11-19-16(12-18-14)20-9-7-13-5-3-4-6-15(13)20/h3-6,11-12,17H,2,7-10H2,1H3. The Hall–Kier alpha value is -1.94. The van der Waals surface area contributed by atoms with E-state index in [1.165, 1.54) is 11.3 Å². The summed E-state index contributed by atoms with van der Waals surface area (Å²) in [5.41, 5.74) is 3.65. The first-order valence-electron chi connectivity index (χ1n) is 7.25. The highest BCUT2D eigenvalue weighted by atomic mass is 15.2. The van der Waals surface area contributed by atoms with Crippen LogP contribution in [0.5, 0.6) is 0 Å². The topological polar surface area (TPSA) is 41.1 Å². The zero-order valence-electron chi connectivity index (χ0n) is 11.8. The van der Waals surface area contributed by atoms with E-state index in [-0.39, 0.29) is 0 Å². The first-order valence-corrected chi connectivity index (χ1v) is 7.25. The fourth-order valence-corrected chi connectivity index (χ4v) is 2.55. The first-order chi connectivity index (χ1) is 9.88. The van der Waals surface area contributed by atoms with E-state index in [9.17, 15) is 0 Å². The Morgan fingerprint density at radius 2 is 2.10 bits per heavy atom. The molecule has 2 aromatic rings. The molecule has 1 aliphatic heterocycles. The Labute approximate surface area is 119 Å². The van der Waals surface area contributed by atoms with Crippen LogP contribution in [-0.2, 0) is 13.0 Å². The van der Waals surface area contributed by atoms with Crippen molar-refractivity contribution < 1.29 is 0 Å². The molecule has 0 amide bonds. The van der Waals surface area contributed by atoms with Crippen molar-refractivity contribution in [3.63, 3.8) is 0 Å². The molecule has 4 heteroatoms. The lowest BCUT2D eigenvalue weighted by Gasteiger charge is -2.17. The zero-order chi connectivity index (χ0) is 13.8. The SMILES string of the molecule is CCCNCc1cnc(N2CCc3ccccc32)cn1. The van der Waals surface area contributed by atoms with Crippen molar-refractivity contribution in [2.45, 2.75) is 26.3 Å². The van der Waals surface area contributed by atoms with Gasteiger partial charge in [-0.1, -0.05) is 25.1 Å². The maximum absolute atomic E-state index is 4.56. The van der Waals surface area contributed by atoms with Gasteiger partial charge in [-0.25, -0.2) is 4.98 Å². The van der Waals surface area contributed by atoms with Crippen LogP contribution in [0.3, 0.4) is 0 Å². The van der Waals surface area contributed by atoms with Gasteiger partial charge in [0.1, 0.15) is 0 Å². The Balaban J connectivity index is 1.73. The molecule has 0 fully saturated rings. The molecule has 1 aromatic heterocycles. The Kier molecular flexibility index (Phi) is 3.92. The van der Waals surface area contributed by atoms with Crippen LogP contribution in [0.15, 0.2) is 36.7 Å². The molecule has 0 atom stereocenters. The summed E-state index contributed by atoms with van der Waals surface area (Å²) in [6.07, 6.45) is 5.97. The number of fused-ring (bicyclic) bond motifs is 1. The number of para-hydroxylation sites is 1. The summed E-state index contributed by atoms with van der Waals surface area (Å²) in [5.74, 6) is 0.939. The average molecular weight is 268 g/mol. The molecule has 2 heterocycles. The molecular weight excluding hydrogens is 248 g/mol. The third kappa shape index (κ3) is 2.65. The third-order valence-electron chi connectivity index (χ3n) is 3.59. The molecule has 3 rings (SSSR count). The van der Waals surface area contributed by atoms with E-state index in [1.807, 2.05) is 12.4 Å². The second-order valence-corrected chi connectivity index (χ2v) is 5.07. The summed E-state index contributed by atoms with van der Waals surface area (Å²) in [6, 6.07) is 8.51. The summed E-state index contributed by atoms with van der Waals surface area (Å²) < 4.78 is 0. The van der Waals surface area contributed by atoms with Crippen LogP contribution in [-0.4, -0.2) is 23.1 Å². The highest BCUT2D eigenvalue weighted by molar-refractivity contribution is 5.66. The number of rotatable bonds is 5. The molecule has 0 bridgehead atoms. The largest absolute Gasteiger partial charge is 0.325 e. The Morgan fingerprint density at radius 1 is 1.20 bits per heavy atom. The zero-order valence-corrected chi connectivity index (χ0v) is 11.8. The normalized spacial score (nSPS) is 13.6. The van der Waals surface area contributed by atoms with E-state index in [1.54, 1.807) is 0 Å². The Morgan fingerprint density at radius 3 is 2.90 bits per heavy atom. The van der Waals surface area contributed by atoms with Gasteiger partial charge < -0.3 is 10.2 Å². The van der Waals surface area contributed by atoms with Crippen LogP contribution in [0, 0.1) is 0 Å². The Bertz CT molecular complexity index is 565. The van der Waals surface area contributed by atoms with Crippen LogP contribution in [0.25, 0.3) is 0 Å². The van der Waals surface area contributed by atoms with Gasteiger partial charge in [-0.05, 0) is 31.0 Å². The lowest BCUT2D eigenvalue weighted by molar-refractivity contribution is 0.662. The fourth-order valence-electron chi connectivity index (χ4n) is 2.55. The van der Waals surface area contributed by atoms with Gasteiger partial charge in [-0.2, -0.15) is 0 Å². The molecule has 1 aromatic carbocycles. The average Bonchev–Trinajstić information content (AvgIpc) is 2.92. The van der Waals surface area contributed by atoms with Crippen molar-refractivity contribution in [2.75, 3.05) is 18.0 Å². The van der Waals surface area contributed by atoms with Gasteiger partial charge in [0.15, 0.2) is 5.82 Å². The highest BCUT2D eigenvalue weighted by Crippen LogP contribution is 2.32. The molecule has 1 aliphatic rings. The minimum absolute atomic E-state index is 0.789.